The first-order chi connectivity index (χ1) is 18.2. The number of hydrogen-bond donors (Lipinski definition) is 5. The molecule has 11 atom stereocenters. The van der Waals surface area contributed by atoms with Crippen molar-refractivity contribution in [3.8, 4) is 0 Å². The van der Waals surface area contributed by atoms with Crippen molar-refractivity contribution in [3.63, 3.8) is 0 Å². The van der Waals surface area contributed by atoms with E-state index in [1.165, 1.54) is 20.0 Å². The summed E-state index contributed by atoms with van der Waals surface area (Å²) in [7, 11) is 1.45. The van der Waals surface area contributed by atoms with Crippen molar-refractivity contribution in [2.75, 3.05) is 33.3 Å². The summed E-state index contributed by atoms with van der Waals surface area (Å²) in [5.41, 5.74) is 5.58. The minimum absolute atomic E-state index is 0.147. The minimum atomic E-state index is -0.341. The second-order valence-electron chi connectivity index (χ2n) is 13.9. The van der Waals surface area contributed by atoms with Crippen LogP contribution in [0, 0.1) is 46.3 Å². The zero-order valence-electron chi connectivity index (χ0n) is 24.6. The van der Waals surface area contributed by atoms with Crippen molar-refractivity contribution in [3.05, 3.63) is 0 Å². The number of nitrogens with one attached hydrogen (secondary N) is 2. The van der Waals surface area contributed by atoms with Gasteiger partial charge >= 0.3 is 5.97 Å². The number of methoxy groups -OCH3 is 1. The van der Waals surface area contributed by atoms with Gasteiger partial charge in [-0.3, -0.25) is 4.79 Å². The molecule has 4 fully saturated rings. The van der Waals surface area contributed by atoms with Crippen LogP contribution in [0.3, 0.4) is 0 Å². The molecule has 0 amide bonds. The summed E-state index contributed by atoms with van der Waals surface area (Å²) in [6.07, 6.45) is 10.2. The second kappa shape index (κ2) is 12.8. The molecule has 4 aliphatic carbocycles. The lowest BCUT2D eigenvalue weighted by Gasteiger charge is -2.63. The summed E-state index contributed by atoms with van der Waals surface area (Å²) in [4.78, 5) is 11.8. The fourth-order valence-electron chi connectivity index (χ4n) is 9.86. The number of carbonyl (C=O) groups is 1. The Morgan fingerprint density at radius 1 is 1.05 bits per heavy atom. The lowest BCUT2D eigenvalue weighted by Crippen LogP contribution is -2.62. The van der Waals surface area contributed by atoms with Crippen LogP contribution >= 0.6 is 0 Å². The Bertz CT molecular complexity index is 782. The van der Waals surface area contributed by atoms with E-state index in [2.05, 4.69) is 31.4 Å². The quantitative estimate of drug-likeness (QED) is 0.192. The fraction of sp³-hybridized carbons (Fsp3) is 0.968. The average molecular weight is 536 g/mol. The third kappa shape index (κ3) is 5.83. The molecule has 220 valence electrons. The minimum Gasteiger partial charge on any atom is -0.469 e. The molecule has 4 saturated carbocycles. The number of nitrogens with two attached hydrogens (primary N) is 1. The Hall–Kier alpha value is -0.730. The van der Waals surface area contributed by atoms with Gasteiger partial charge in [0.1, 0.15) is 0 Å². The zero-order chi connectivity index (χ0) is 27.5. The van der Waals surface area contributed by atoms with E-state index >= 15 is 0 Å². The number of carbonyl (C=O) groups excluding carboxylic acids is 1. The van der Waals surface area contributed by atoms with E-state index in [0.29, 0.717) is 42.1 Å². The highest BCUT2D eigenvalue weighted by atomic mass is 16.5. The number of fused-ring (bicyclic) bond motifs is 5. The van der Waals surface area contributed by atoms with Gasteiger partial charge in [0, 0.05) is 12.5 Å². The maximum Gasteiger partial charge on any atom is 0.305 e. The van der Waals surface area contributed by atoms with Crippen LogP contribution in [-0.4, -0.2) is 67.7 Å². The molecule has 0 bridgehead atoms. The zero-order valence-corrected chi connectivity index (χ0v) is 24.6. The lowest BCUT2D eigenvalue weighted by atomic mass is 9.43. The van der Waals surface area contributed by atoms with Gasteiger partial charge in [0.05, 0.1) is 19.3 Å². The molecule has 0 heterocycles. The predicted octanol–water partition coefficient (Wildman–Crippen LogP) is 3.46. The van der Waals surface area contributed by atoms with Crippen molar-refractivity contribution >= 4 is 5.97 Å². The van der Waals surface area contributed by atoms with E-state index in [-0.39, 0.29) is 34.9 Å². The highest BCUT2D eigenvalue weighted by molar-refractivity contribution is 5.69. The van der Waals surface area contributed by atoms with Gasteiger partial charge in [-0.05, 0) is 137 Å². The maximum atomic E-state index is 11.8. The van der Waals surface area contributed by atoms with Crippen molar-refractivity contribution < 1.29 is 19.7 Å². The summed E-state index contributed by atoms with van der Waals surface area (Å²) in [6, 6.07) is 0.533. The van der Waals surface area contributed by atoms with Crippen LogP contribution in [0.4, 0.5) is 0 Å². The van der Waals surface area contributed by atoms with Crippen molar-refractivity contribution in [2.45, 2.75) is 110 Å². The fourth-order valence-corrected chi connectivity index (χ4v) is 9.86. The molecule has 3 unspecified atom stereocenters. The molecule has 0 aromatic heterocycles. The topological polar surface area (TPSA) is 117 Å². The third-order valence-corrected chi connectivity index (χ3v) is 12.1. The number of esters is 1. The third-order valence-electron chi connectivity index (χ3n) is 12.1. The first kappa shape index (κ1) is 30.2. The van der Waals surface area contributed by atoms with Gasteiger partial charge < -0.3 is 31.3 Å². The highest BCUT2D eigenvalue weighted by Crippen LogP contribution is 2.68. The second-order valence-corrected chi connectivity index (χ2v) is 13.9. The molecule has 0 aromatic carbocycles. The summed E-state index contributed by atoms with van der Waals surface area (Å²) < 4.78 is 4.88. The Kier molecular flexibility index (Phi) is 10.2. The van der Waals surface area contributed by atoms with E-state index in [1.807, 2.05) is 0 Å². The molecule has 0 saturated heterocycles. The Morgan fingerprint density at radius 2 is 1.82 bits per heavy atom. The molecule has 38 heavy (non-hydrogen) atoms. The van der Waals surface area contributed by atoms with Gasteiger partial charge in [0.2, 0.25) is 0 Å². The predicted molar refractivity (Wildman–Crippen MR) is 151 cm³/mol. The molecule has 0 aromatic rings. The first-order valence-corrected chi connectivity index (χ1v) is 15.7. The number of hydrogen-bond acceptors (Lipinski definition) is 7. The van der Waals surface area contributed by atoms with Crippen molar-refractivity contribution in [1.82, 2.24) is 10.6 Å². The standard InChI is InChI=1S/C31H57N3O4/c1-20(7-10-28(37)38-4)23-8-9-24-29-25(19-27(36)31(23,24)3)30(2)12-11-22(17-21(30)18-26(29)35)34-16-6-15-33-14-5-13-32/h20-27,29,33-36H,5-19,32H2,1-4H3/t20-,21+,22+,23-,24?,25?,26-,27+,29?,30+,31-/m1/s1. The van der Waals surface area contributed by atoms with Crippen LogP contribution in [0.25, 0.3) is 0 Å². The van der Waals surface area contributed by atoms with Crippen LogP contribution in [0.2, 0.25) is 0 Å². The van der Waals surface area contributed by atoms with Crippen molar-refractivity contribution in [1.29, 1.82) is 0 Å². The largest absolute Gasteiger partial charge is 0.469 e. The van der Waals surface area contributed by atoms with Crippen LogP contribution in [0.1, 0.15) is 91.4 Å². The molecular formula is C31H57N3O4. The number of aliphatic hydroxyl groups is 2. The monoisotopic (exact) mass is 535 g/mol. The smallest absolute Gasteiger partial charge is 0.305 e. The van der Waals surface area contributed by atoms with Gasteiger partial charge in [0.15, 0.2) is 0 Å². The Morgan fingerprint density at radius 3 is 2.55 bits per heavy atom. The van der Waals surface area contributed by atoms with Gasteiger partial charge in [-0.1, -0.05) is 20.8 Å². The summed E-state index contributed by atoms with van der Waals surface area (Å²) in [5, 5.41) is 30.7. The molecule has 7 heteroatoms. The van der Waals surface area contributed by atoms with Gasteiger partial charge in [-0.25, -0.2) is 0 Å². The molecule has 0 spiro atoms. The SMILES string of the molecule is COC(=O)CC[C@@H](C)[C@H]1CCC2C3C(C[C@H](O)[C@@]21C)[C@@]1(C)CC[C@H](NCCCNCCCN)C[C@H]1C[C@H]3O. The number of ether oxygens (including phenoxy) is 1. The average Bonchev–Trinajstić information content (AvgIpc) is 3.26. The van der Waals surface area contributed by atoms with Crippen LogP contribution < -0.4 is 16.4 Å². The molecule has 7 nitrogen and oxygen atoms in total. The number of rotatable bonds is 12. The van der Waals surface area contributed by atoms with E-state index in [4.69, 9.17) is 10.5 Å². The molecule has 4 rings (SSSR count). The van der Waals surface area contributed by atoms with Gasteiger partial charge in [0.25, 0.3) is 0 Å². The molecular weight excluding hydrogens is 478 g/mol. The Balaban J connectivity index is 1.38. The first-order valence-electron chi connectivity index (χ1n) is 15.7. The molecule has 6 N–H and O–H groups in total. The van der Waals surface area contributed by atoms with Crippen LogP contribution in [-0.2, 0) is 9.53 Å². The summed E-state index contributed by atoms with van der Waals surface area (Å²) >= 11 is 0. The molecule has 4 aliphatic rings. The summed E-state index contributed by atoms with van der Waals surface area (Å²) in [6.45, 7) is 10.8. The summed E-state index contributed by atoms with van der Waals surface area (Å²) in [5.74, 6) is 2.14. The van der Waals surface area contributed by atoms with Gasteiger partial charge in [-0.2, -0.15) is 0 Å². The van der Waals surface area contributed by atoms with Crippen molar-refractivity contribution in [2.24, 2.45) is 52.1 Å². The van der Waals surface area contributed by atoms with Gasteiger partial charge in [-0.15, -0.1) is 0 Å². The lowest BCUT2D eigenvalue weighted by molar-refractivity contribution is -0.202. The molecule has 0 radical (unpaired) electrons. The maximum absolute atomic E-state index is 11.8. The normalized spacial score (nSPS) is 43.1. The van der Waals surface area contributed by atoms with Crippen LogP contribution in [0.15, 0.2) is 0 Å². The van der Waals surface area contributed by atoms with E-state index in [9.17, 15) is 15.0 Å². The Labute approximate surface area is 231 Å². The number of aliphatic hydroxyl groups excluding tert-OH is 2. The van der Waals surface area contributed by atoms with Crippen LogP contribution in [0.5, 0.6) is 0 Å². The molecule has 0 aliphatic heterocycles. The highest BCUT2D eigenvalue weighted by Gasteiger charge is 2.65. The van der Waals surface area contributed by atoms with E-state index in [0.717, 1.165) is 77.5 Å². The van der Waals surface area contributed by atoms with E-state index < -0.39 is 0 Å². The van der Waals surface area contributed by atoms with E-state index in [1.54, 1.807) is 0 Å².